The number of benzene rings is 2. The van der Waals surface area contributed by atoms with Crippen LogP contribution in [0.25, 0.3) is 0 Å². The van der Waals surface area contributed by atoms with E-state index < -0.39 is 21.7 Å². The standard InChI is InChI=1S/C20H25FN2O4S/c1-5-23(6-2)28(25,26)16-10-8-14(4)17(13-16)20(24)22-15-9-11-19(27-7-3)18(21)12-15/h8-13H,5-7H2,1-4H3,(H,22,24). The first-order valence-electron chi connectivity index (χ1n) is 9.09. The lowest BCUT2D eigenvalue weighted by molar-refractivity contribution is 0.102. The Morgan fingerprint density at radius 2 is 1.79 bits per heavy atom. The molecule has 0 aliphatic rings. The Labute approximate surface area is 165 Å². The molecule has 28 heavy (non-hydrogen) atoms. The fourth-order valence-corrected chi connectivity index (χ4v) is 4.25. The molecule has 6 nitrogen and oxygen atoms in total. The summed E-state index contributed by atoms with van der Waals surface area (Å²) in [6.07, 6.45) is 0. The van der Waals surface area contributed by atoms with Gasteiger partial charge < -0.3 is 10.1 Å². The molecule has 0 spiro atoms. The maximum atomic E-state index is 14.0. The van der Waals surface area contributed by atoms with Crippen LogP contribution in [0.15, 0.2) is 41.3 Å². The number of aryl methyl sites for hydroxylation is 1. The van der Waals surface area contributed by atoms with Crippen molar-refractivity contribution in [2.45, 2.75) is 32.6 Å². The highest BCUT2D eigenvalue weighted by Crippen LogP contribution is 2.23. The minimum atomic E-state index is -3.69. The average molecular weight is 408 g/mol. The Morgan fingerprint density at radius 1 is 1.11 bits per heavy atom. The van der Waals surface area contributed by atoms with E-state index in [0.29, 0.717) is 25.3 Å². The summed E-state index contributed by atoms with van der Waals surface area (Å²) in [4.78, 5) is 12.7. The van der Waals surface area contributed by atoms with Crippen molar-refractivity contribution >= 4 is 21.6 Å². The summed E-state index contributed by atoms with van der Waals surface area (Å²) < 4.78 is 45.9. The largest absolute Gasteiger partial charge is 0.491 e. The maximum Gasteiger partial charge on any atom is 0.255 e. The van der Waals surface area contributed by atoms with Gasteiger partial charge in [-0.15, -0.1) is 0 Å². The lowest BCUT2D eigenvalue weighted by Crippen LogP contribution is -2.30. The van der Waals surface area contributed by atoms with E-state index in [1.807, 2.05) is 0 Å². The quantitative estimate of drug-likeness (QED) is 0.721. The first kappa shape index (κ1) is 21.8. The molecular weight excluding hydrogens is 383 g/mol. The van der Waals surface area contributed by atoms with E-state index in [4.69, 9.17) is 4.74 Å². The molecule has 152 valence electrons. The zero-order chi connectivity index (χ0) is 20.9. The van der Waals surface area contributed by atoms with Gasteiger partial charge in [0.1, 0.15) is 0 Å². The van der Waals surface area contributed by atoms with Gasteiger partial charge in [-0.3, -0.25) is 4.79 Å². The highest BCUT2D eigenvalue weighted by atomic mass is 32.2. The molecule has 1 N–H and O–H groups in total. The van der Waals surface area contributed by atoms with Gasteiger partial charge in [0, 0.05) is 30.4 Å². The SMILES string of the molecule is CCOc1ccc(NC(=O)c2cc(S(=O)(=O)N(CC)CC)ccc2C)cc1F. The molecule has 1 amide bonds. The van der Waals surface area contributed by atoms with Crippen LogP contribution >= 0.6 is 0 Å². The van der Waals surface area contributed by atoms with Gasteiger partial charge in [-0.2, -0.15) is 4.31 Å². The van der Waals surface area contributed by atoms with Gasteiger partial charge in [-0.25, -0.2) is 12.8 Å². The Morgan fingerprint density at radius 3 is 2.36 bits per heavy atom. The molecule has 0 unspecified atom stereocenters. The van der Waals surface area contributed by atoms with Crippen molar-refractivity contribution in [2.75, 3.05) is 25.0 Å². The van der Waals surface area contributed by atoms with Crippen LogP contribution in [-0.4, -0.2) is 38.3 Å². The van der Waals surface area contributed by atoms with E-state index in [0.717, 1.165) is 6.07 Å². The van der Waals surface area contributed by atoms with Crippen molar-refractivity contribution in [1.29, 1.82) is 0 Å². The Kier molecular flexibility index (Phi) is 7.15. The summed E-state index contributed by atoms with van der Waals surface area (Å²) in [6, 6.07) is 8.54. The highest BCUT2D eigenvalue weighted by molar-refractivity contribution is 7.89. The number of nitrogens with one attached hydrogen (secondary N) is 1. The van der Waals surface area contributed by atoms with E-state index in [-0.39, 0.29) is 21.9 Å². The molecule has 0 fully saturated rings. The monoisotopic (exact) mass is 408 g/mol. The molecule has 0 aromatic heterocycles. The predicted molar refractivity (Wildman–Crippen MR) is 107 cm³/mol. The summed E-state index contributed by atoms with van der Waals surface area (Å²) in [5.74, 6) is -1.00. The van der Waals surface area contributed by atoms with Crippen LogP contribution in [0, 0.1) is 12.7 Å². The zero-order valence-corrected chi connectivity index (χ0v) is 17.3. The Bertz CT molecular complexity index is 957. The second-order valence-electron chi connectivity index (χ2n) is 6.10. The number of carbonyl (C=O) groups excluding carboxylic acids is 1. The maximum absolute atomic E-state index is 14.0. The van der Waals surface area contributed by atoms with Crippen molar-refractivity contribution in [3.05, 3.63) is 53.3 Å². The number of ether oxygens (including phenoxy) is 1. The molecule has 0 aliphatic heterocycles. The third-order valence-corrected chi connectivity index (χ3v) is 6.33. The molecule has 0 radical (unpaired) electrons. The van der Waals surface area contributed by atoms with Gasteiger partial charge in [-0.1, -0.05) is 19.9 Å². The fraction of sp³-hybridized carbons (Fsp3) is 0.350. The van der Waals surface area contributed by atoms with Crippen LogP contribution in [0.1, 0.15) is 36.7 Å². The summed E-state index contributed by atoms with van der Waals surface area (Å²) >= 11 is 0. The van der Waals surface area contributed by atoms with Crippen molar-refractivity contribution in [3.63, 3.8) is 0 Å². The van der Waals surface area contributed by atoms with Crippen molar-refractivity contribution < 1.29 is 22.3 Å². The number of amides is 1. The molecule has 2 aromatic carbocycles. The molecule has 0 saturated heterocycles. The number of sulfonamides is 1. The Hall–Kier alpha value is -2.45. The Balaban J connectivity index is 2.32. The van der Waals surface area contributed by atoms with E-state index in [2.05, 4.69) is 5.32 Å². The van der Waals surface area contributed by atoms with E-state index in [1.54, 1.807) is 33.8 Å². The molecule has 0 saturated carbocycles. The lowest BCUT2D eigenvalue weighted by atomic mass is 10.1. The predicted octanol–water partition coefficient (Wildman–Crippen LogP) is 3.82. The normalized spacial score (nSPS) is 11.5. The third kappa shape index (κ3) is 4.69. The van der Waals surface area contributed by atoms with Crippen LogP contribution in [0.4, 0.5) is 10.1 Å². The number of hydrogen-bond acceptors (Lipinski definition) is 4. The highest BCUT2D eigenvalue weighted by Gasteiger charge is 2.23. The molecule has 0 bridgehead atoms. The molecule has 2 aromatic rings. The number of nitrogens with zero attached hydrogens (tertiary/aromatic N) is 1. The number of anilines is 1. The summed E-state index contributed by atoms with van der Waals surface area (Å²) in [6.45, 7) is 7.96. The van der Waals surface area contributed by atoms with Crippen molar-refractivity contribution in [1.82, 2.24) is 4.31 Å². The first-order chi connectivity index (χ1) is 13.2. The topological polar surface area (TPSA) is 75.7 Å². The lowest BCUT2D eigenvalue weighted by Gasteiger charge is -2.19. The van der Waals surface area contributed by atoms with Crippen LogP contribution in [0.5, 0.6) is 5.75 Å². The smallest absolute Gasteiger partial charge is 0.255 e. The molecular formula is C20H25FN2O4S. The number of hydrogen-bond donors (Lipinski definition) is 1. The van der Waals surface area contributed by atoms with Gasteiger partial charge >= 0.3 is 0 Å². The van der Waals surface area contributed by atoms with Gasteiger partial charge in [0.2, 0.25) is 10.0 Å². The van der Waals surface area contributed by atoms with Crippen LogP contribution in [0.2, 0.25) is 0 Å². The molecule has 0 atom stereocenters. The minimum Gasteiger partial charge on any atom is -0.491 e. The van der Waals surface area contributed by atoms with Crippen LogP contribution in [0.3, 0.4) is 0 Å². The zero-order valence-electron chi connectivity index (χ0n) is 16.5. The molecule has 0 heterocycles. The van der Waals surface area contributed by atoms with Gasteiger partial charge in [0.05, 0.1) is 11.5 Å². The first-order valence-corrected chi connectivity index (χ1v) is 10.5. The second kappa shape index (κ2) is 9.16. The van der Waals surface area contributed by atoms with Crippen LogP contribution < -0.4 is 10.1 Å². The molecule has 2 rings (SSSR count). The van der Waals surface area contributed by atoms with E-state index in [1.165, 1.54) is 28.6 Å². The van der Waals surface area contributed by atoms with E-state index in [9.17, 15) is 17.6 Å². The summed E-state index contributed by atoms with van der Waals surface area (Å²) in [5, 5.41) is 2.60. The average Bonchev–Trinajstić information content (AvgIpc) is 2.65. The summed E-state index contributed by atoms with van der Waals surface area (Å²) in [7, 11) is -3.69. The van der Waals surface area contributed by atoms with E-state index >= 15 is 0 Å². The van der Waals surface area contributed by atoms with Crippen molar-refractivity contribution in [3.8, 4) is 5.75 Å². The summed E-state index contributed by atoms with van der Waals surface area (Å²) in [5.41, 5.74) is 1.08. The second-order valence-corrected chi connectivity index (χ2v) is 8.04. The number of rotatable bonds is 8. The van der Waals surface area contributed by atoms with Gasteiger partial charge in [0.25, 0.3) is 5.91 Å². The van der Waals surface area contributed by atoms with Crippen LogP contribution in [-0.2, 0) is 10.0 Å². The minimum absolute atomic E-state index is 0.0461. The third-order valence-electron chi connectivity index (χ3n) is 4.29. The molecule has 0 aliphatic carbocycles. The van der Waals surface area contributed by atoms with Gasteiger partial charge in [0.15, 0.2) is 11.6 Å². The fourth-order valence-electron chi connectivity index (χ4n) is 2.77. The molecule has 8 heteroatoms. The number of halogens is 1. The van der Waals surface area contributed by atoms with Gasteiger partial charge in [-0.05, 0) is 43.7 Å². The van der Waals surface area contributed by atoms with Crippen molar-refractivity contribution in [2.24, 2.45) is 0 Å². The number of carbonyl (C=O) groups is 1.